The van der Waals surface area contributed by atoms with Crippen LogP contribution in [0, 0.1) is 0 Å². The van der Waals surface area contributed by atoms with E-state index in [1.165, 1.54) is 6.42 Å². The van der Waals surface area contributed by atoms with Crippen LogP contribution >= 0.6 is 0 Å². The molecule has 15 heavy (non-hydrogen) atoms. The van der Waals surface area contributed by atoms with Crippen molar-refractivity contribution in [1.82, 2.24) is 0 Å². The van der Waals surface area contributed by atoms with Gasteiger partial charge >= 0.3 is 99.2 Å². The molecule has 0 aliphatic rings. The molecule has 0 N–H and O–H groups in total. The zero-order chi connectivity index (χ0) is 11.5. The Morgan fingerprint density at radius 2 is 1.60 bits per heavy atom. The second-order valence-electron chi connectivity index (χ2n) is 5.11. The van der Waals surface area contributed by atoms with Gasteiger partial charge in [-0.25, -0.2) is 0 Å². The van der Waals surface area contributed by atoms with Gasteiger partial charge in [0.2, 0.25) is 0 Å². The van der Waals surface area contributed by atoms with E-state index >= 15 is 0 Å². The summed E-state index contributed by atoms with van der Waals surface area (Å²) < 4.78 is 3.51. The average molecular weight is 311 g/mol. The van der Waals surface area contributed by atoms with Gasteiger partial charge in [0.05, 0.1) is 0 Å². The summed E-state index contributed by atoms with van der Waals surface area (Å²) in [6, 6.07) is 11.3. The van der Waals surface area contributed by atoms with Crippen molar-refractivity contribution < 1.29 is 0 Å². The van der Waals surface area contributed by atoms with Crippen molar-refractivity contribution in [2.45, 2.75) is 46.9 Å². The predicted octanol–water partition coefficient (Wildman–Crippen LogP) is 4.18. The molecule has 0 aliphatic heterocycles. The van der Waals surface area contributed by atoms with Crippen LogP contribution in [-0.4, -0.2) is 18.4 Å². The first-order valence-corrected chi connectivity index (χ1v) is 13.7. The maximum atomic E-state index is 2.61. The molecule has 84 valence electrons. The SMILES string of the molecule is CC[CH](C)[Sn]([CH3])([c]1ccccc1)[CH](C)C. The van der Waals surface area contributed by atoms with Crippen LogP contribution in [-0.2, 0) is 0 Å². The molecule has 0 fully saturated rings. The number of hydrogen-bond donors (Lipinski definition) is 0. The quantitative estimate of drug-likeness (QED) is 0.732. The van der Waals surface area contributed by atoms with E-state index in [2.05, 4.69) is 63.0 Å². The van der Waals surface area contributed by atoms with E-state index in [4.69, 9.17) is 0 Å². The van der Waals surface area contributed by atoms with Gasteiger partial charge in [0.25, 0.3) is 0 Å². The van der Waals surface area contributed by atoms with Crippen molar-refractivity contribution in [2.75, 3.05) is 0 Å². The Kier molecular flexibility index (Phi) is 4.69. The molecule has 0 aliphatic carbocycles. The molecule has 2 atom stereocenters. The van der Waals surface area contributed by atoms with Gasteiger partial charge in [0.1, 0.15) is 0 Å². The van der Waals surface area contributed by atoms with Crippen LogP contribution in [0.4, 0.5) is 0 Å². The fraction of sp³-hybridized carbons (Fsp3) is 0.571. The van der Waals surface area contributed by atoms with Gasteiger partial charge < -0.3 is 0 Å². The molecule has 0 amide bonds. The monoisotopic (exact) mass is 312 g/mol. The first-order valence-electron chi connectivity index (χ1n) is 6.09. The van der Waals surface area contributed by atoms with Gasteiger partial charge in [-0.05, 0) is 0 Å². The van der Waals surface area contributed by atoms with Gasteiger partial charge in [-0.2, -0.15) is 0 Å². The summed E-state index contributed by atoms with van der Waals surface area (Å²) >= 11 is -2.13. The van der Waals surface area contributed by atoms with Gasteiger partial charge in [-0.15, -0.1) is 0 Å². The summed E-state index contributed by atoms with van der Waals surface area (Å²) in [5, 5.41) is 0. The maximum absolute atomic E-state index is 2.61. The van der Waals surface area contributed by atoms with E-state index in [1.54, 1.807) is 3.58 Å². The average Bonchev–Trinajstić information content (AvgIpc) is 2.27. The molecule has 0 spiro atoms. The standard InChI is InChI=1S/C6H5.C4H9.C3H7.CH3.Sn/c1-2-4-6-5-3-1;1-3-4-2;1-3-2;;/h1-5H;3H,4H2,1-2H3;3H,1-2H3;1H3;. The van der Waals surface area contributed by atoms with Gasteiger partial charge in [0.15, 0.2) is 0 Å². The fourth-order valence-corrected chi connectivity index (χ4v) is 14.2. The Labute approximate surface area is 99.0 Å². The van der Waals surface area contributed by atoms with Gasteiger partial charge in [0, 0.05) is 0 Å². The zero-order valence-electron chi connectivity index (χ0n) is 10.7. The normalized spacial score (nSPS) is 17.5. The van der Waals surface area contributed by atoms with E-state index in [1.807, 2.05) is 0 Å². The van der Waals surface area contributed by atoms with E-state index in [-0.39, 0.29) is 0 Å². The Bertz CT molecular complexity index is 291. The molecule has 0 bridgehead atoms. The van der Waals surface area contributed by atoms with Crippen molar-refractivity contribution >= 4 is 22.0 Å². The summed E-state index contributed by atoms with van der Waals surface area (Å²) in [5.41, 5.74) is 0. The van der Waals surface area contributed by atoms with Crippen LogP contribution in [0.15, 0.2) is 30.3 Å². The molecule has 0 heterocycles. The molecular formula is C14H24Sn. The first kappa shape index (κ1) is 13.1. The molecule has 0 saturated carbocycles. The molecular weight excluding hydrogens is 287 g/mol. The Balaban J connectivity index is 3.13. The molecule has 0 radical (unpaired) electrons. The summed E-state index contributed by atoms with van der Waals surface area (Å²) in [5.74, 6) is 0. The zero-order valence-corrected chi connectivity index (χ0v) is 13.6. The molecule has 1 heteroatoms. The second-order valence-corrected chi connectivity index (χ2v) is 20.2. The minimum absolute atomic E-state index is 0.886. The van der Waals surface area contributed by atoms with Crippen LogP contribution < -0.4 is 3.58 Å². The van der Waals surface area contributed by atoms with E-state index in [9.17, 15) is 0 Å². The molecule has 1 rings (SSSR count). The third-order valence-corrected chi connectivity index (χ3v) is 22.6. The van der Waals surface area contributed by atoms with Crippen molar-refractivity contribution in [1.29, 1.82) is 0 Å². The molecule has 0 nitrogen and oxygen atoms in total. The van der Waals surface area contributed by atoms with E-state index < -0.39 is 18.4 Å². The van der Waals surface area contributed by atoms with Gasteiger partial charge in [-0.1, -0.05) is 0 Å². The van der Waals surface area contributed by atoms with Crippen LogP contribution in [0.1, 0.15) is 34.1 Å². The number of rotatable bonds is 4. The van der Waals surface area contributed by atoms with Crippen LogP contribution in [0.25, 0.3) is 0 Å². The third kappa shape index (κ3) is 2.58. The van der Waals surface area contributed by atoms with E-state index in [0.29, 0.717) is 0 Å². The molecule has 1 aromatic carbocycles. The first-order chi connectivity index (χ1) is 7.03. The third-order valence-electron chi connectivity index (χ3n) is 4.23. The fourth-order valence-electron chi connectivity index (χ4n) is 2.41. The number of benzene rings is 1. The van der Waals surface area contributed by atoms with Gasteiger partial charge in [-0.3, -0.25) is 0 Å². The van der Waals surface area contributed by atoms with Crippen molar-refractivity contribution in [3.63, 3.8) is 0 Å². The predicted molar refractivity (Wildman–Crippen MR) is 72.5 cm³/mol. The molecule has 0 saturated heterocycles. The molecule has 1 aromatic rings. The summed E-state index contributed by atoms with van der Waals surface area (Å²) in [6.07, 6.45) is 1.33. The summed E-state index contributed by atoms with van der Waals surface area (Å²) in [6.45, 7) is 9.65. The Morgan fingerprint density at radius 3 is 2.00 bits per heavy atom. The molecule has 2 unspecified atom stereocenters. The Hall–Kier alpha value is 0.0187. The van der Waals surface area contributed by atoms with Crippen molar-refractivity contribution in [3.05, 3.63) is 30.3 Å². The Morgan fingerprint density at radius 1 is 1.07 bits per heavy atom. The summed E-state index contributed by atoms with van der Waals surface area (Å²) in [7, 11) is 0. The van der Waals surface area contributed by atoms with Crippen molar-refractivity contribution in [3.8, 4) is 0 Å². The van der Waals surface area contributed by atoms with Crippen LogP contribution in [0.2, 0.25) is 12.8 Å². The number of hydrogen-bond acceptors (Lipinski definition) is 0. The van der Waals surface area contributed by atoms with Crippen molar-refractivity contribution in [2.24, 2.45) is 0 Å². The molecule has 0 aromatic heterocycles. The second kappa shape index (κ2) is 5.38. The van der Waals surface area contributed by atoms with E-state index in [0.717, 1.165) is 7.87 Å². The topological polar surface area (TPSA) is 0 Å². The minimum atomic E-state index is -2.13. The summed E-state index contributed by atoms with van der Waals surface area (Å²) in [4.78, 5) is 2.61. The van der Waals surface area contributed by atoms with Crippen LogP contribution in [0.3, 0.4) is 0 Å². The van der Waals surface area contributed by atoms with Crippen LogP contribution in [0.5, 0.6) is 0 Å².